The van der Waals surface area contributed by atoms with E-state index < -0.39 is 52.1 Å². The lowest BCUT2D eigenvalue weighted by atomic mass is 9.93. The van der Waals surface area contributed by atoms with E-state index in [9.17, 15) is 22.0 Å². The van der Waals surface area contributed by atoms with Gasteiger partial charge in [-0.2, -0.15) is 0 Å². The minimum Gasteiger partial charge on any atom is -0.453 e. The van der Waals surface area contributed by atoms with E-state index in [0.717, 1.165) is 18.4 Å². The highest BCUT2D eigenvalue weighted by Gasteiger charge is 2.36. The molecular weight excluding hydrogens is 657 g/mol. The van der Waals surface area contributed by atoms with Crippen LogP contribution in [0.15, 0.2) is 59.6 Å². The Morgan fingerprint density at radius 3 is 2.65 bits per heavy atom. The van der Waals surface area contributed by atoms with Crippen molar-refractivity contribution in [2.24, 2.45) is 0 Å². The maximum atomic E-state index is 16.0. The van der Waals surface area contributed by atoms with Crippen LogP contribution < -0.4 is 10.1 Å². The highest BCUT2D eigenvalue weighted by atomic mass is 32.2. The number of sulfone groups is 1. The van der Waals surface area contributed by atoms with Gasteiger partial charge < -0.3 is 20.0 Å². The molecule has 3 N–H and O–H groups in total. The number of rotatable bonds is 10. The number of aryl methyl sites for hydroxylation is 1. The van der Waals surface area contributed by atoms with Gasteiger partial charge in [-0.25, -0.2) is 35.4 Å². The van der Waals surface area contributed by atoms with Crippen molar-refractivity contribution >= 4 is 26.6 Å². The number of aromatic amines is 2. The van der Waals surface area contributed by atoms with Crippen LogP contribution in [0.4, 0.5) is 22.0 Å². The molecule has 0 spiro atoms. The number of imidazole rings is 1. The fraction of sp³-hybridized carbons (Fsp3) is 0.273. The van der Waals surface area contributed by atoms with E-state index in [1.807, 2.05) is 0 Å². The molecule has 2 aromatic heterocycles. The van der Waals surface area contributed by atoms with Gasteiger partial charge in [0.05, 0.1) is 23.8 Å². The zero-order valence-corrected chi connectivity index (χ0v) is 26.5. The lowest BCUT2D eigenvalue weighted by Crippen LogP contribution is -2.39. The van der Waals surface area contributed by atoms with E-state index in [4.69, 9.17) is 4.74 Å². The Bertz CT molecular complexity index is 2130. The fourth-order valence-corrected chi connectivity index (χ4v) is 7.13. The Morgan fingerprint density at radius 1 is 1.12 bits per heavy atom. The Kier molecular flexibility index (Phi) is 9.00. The maximum Gasteiger partial charge on any atom is 0.251 e. The Balaban J connectivity index is 1.40. The van der Waals surface area contributed by atoms with E-state index in [-0.39, 0.29) is 81.5 Å². The van der Waals surface area contributed by atoms with Gasteiger partial charge in [0.15, 0.2) is 21.4 Å². The van der Waals surface area contributed by atoms with Crippen molar-refractivity contribution in [1.29, 1.82) is 0 Å². The molecule has 3 heterocycles. The summed E-state index contributed by atoms with van der Waals surface area (Å²) in [6.45, 7) is -0.558. The highest BCUT2D eigenvalue weighted by Crippen LogP contribution is 2.41. The molecule has 0 saturated heterocycles. The quantitative estimate of drug-likeness (QED) is 0.154. The van der Waals surface area contributed by atoms with Gasteiger partial charge in [0.25, 0.3) is 6.43 Å². The zero-order chi connectivity index (χ0) is 34.3. The van der Waals surface area contributed by atoms with Crippen molar-refractivity contribution in [1.82, 2.24) is 25.2 Å². The molecule has 0 radical (unpaired) electrons. The number of amides is 1. The van der Waals surface area contributed by atoms with Crippen molar-refractivity contribution in [3.8, 4) is 22.9 Å². The van der Waals surface area contributed by atoms with Crippen LogP contribution in [0, 0.1) is 17.5 Å². The maximum absolute atomic E-state index is 16.0. The number of nitrogens with zero attached hydrogens (tertiary/aromatic N) is 2. The lowest BCUT2D eigenvalue weighted by molar-refractivity contribution is -0.120. The molecule has 15 heteroatoms. The minimum atomic E-state index is -3.99. The molecule has 9 nitrogen and oxygen atoms in total. The molecule has 0 aliphatic carbocycles. The van der Waals surface area contributed by atoms with Crippen LogP contribution in [0.5, 0.6) is 11.5 Å². The minimum absolute atomic E-state index is 0.0202. The van der Waals surface area contributed by atoms with Gasteiger partial charge in [-0.05, 0) is 36.2 Å². The number of fused-ring (bicyclic) bond motifs is 2. The second-order valence-corrected chi connectivity index (χ2v) is 13.4. The average molecular weight is 688 g/mol. The zero-order valence-electron chi connectivity index (χ0n) is 25.7. The molecule has 5 aromatic rings. The van der Waals surface area contributed by atoms with Crippen LogP contribution in [0.2, 0.25) is 0 Å². The first-order valence-corrected chi connectivity index (χ1v) is 16.8. The van der Waals surface area contributed by atoms with Gasteiger partial charge in [0, 0.05) is 67.1 Å². The predicted octanol–water partition coefficient (Wildman–Crippen LogP) is 6.06. The van der Waals surface area contributed by atoms with Crippen molar-refractivity contribution < 1.29 is 39.9 Å². The Hall–Kier alpha value is -4.76. The van der Waals surface area contributed by atoms with Crippen LogP contribution in [0.25, 0.3) is 22.3 Å². The number of benzene rings is 3. The Labute approximate surface area is 272 Å². The summed E-state index contributed by atoms with van der Waals surface area (Å²) >= 11 is 0. The largest absolute Gasteiger partial charge is 0.453 e. The smallest absolute Gasteiger partial charge is 0.251 e. The summed E-state index contributed by atoms with van der Waals surface area (Å²) in [5.74, 6) is -3.38. The lowest BCUT2D eigenvalue weighted by Gasteiger charge is -2.35. The molecule has 252 valence electrons. The van der Waals surface area contributed by atoms with Gasteiger partial charge in [-0.1, -0.05) is 18.2 Å². The summed E-state index contributed by atoms with van der Waals surface area (Å²) in [4.78, 5) is 23.2. The third-order valence-corrected chi connectivity index (χ3v) is 9.41. The number of halogens is 5. The summed E-state index contributed by atoms with van der Waals surface area (Å²) in [6, 6.07) is 9.50. The number of carbonyl (C=O) groups excluding carboxylic acids is 1. The molecule has 3 aromatic carbocycles. The molecule has 1 aliphatic heterocycles. The molecule has 6 rings (SSSR count). The molecule has 0 bridgehead atoms. The van der Waals surface area contributed by atoms with Crippen LogP contribution in [-0.2, 0) is 27.5 Å². The topological polar surface area (TPSA) is 120 Å². The number of hydrogen-bond acceptors (Lipinski definition) is 6. The summed E-state index contributed by atoms with van der Waals surface area (Å²) < 4.78 is 105. The van der Waals surface area contributed by atoms with Crippen LogP contribution in [0.1, 0.15) is 35.0 Å². The standard InChI is InChI=1S/C33H30F5N5O4S/c1-39-27(44)9-6-17-4-3-5-20(28(17)38)30-29-24(11-13-43(30)16-26(36)37)41-33(42-29)21-14-18(7-8-22(21)34)47-31-23(35)15-25-19(10-12-40-25)32(31)48(2,45)46/h3-5,7-8,10,12,14-15,26,30,40H,6,9,11,13,16H2,1-2H3,(H,39,44)(H,41,42). The number of carbonyl (C=O) groups is 1. The van der Waals surface area contributed by atoms with Crippen molar-refractivity contribution in [3.05, 3.63) is 94.7 Å². The van der Waals surface area contributed by atoms with Crippen LogP contribution in [-0.4, -0.2) is 67.0 Å². The molecule has 1 aliphatic rings. The molecular formula is C33H30F5N5O4S. The van der Waals surface area contributed by atoms with Gasteiger partial charge in [-0.3, -0.25) is 9.69 Å². The van der Waals surface area contributed by atoms with E-state index >= 15 is 13.2 Å². The number of hydrogen-bond donors (Lipinski definition) is 3. The summed E-state index contributed by atoms with van der Waals surface area (Å²) in [6.07, 6.45) is -0.0385. The van der Waals surface area contributed by atoms with Gasteiger partial charge >= 0.3 is 0 Å². The number of aromatic nitrogens is 3. The Morgan fingerprint density at radius 2 is 1.92 bits per heavy atom. The molecule has 1 unspecified atom stereocenters. The monoisotopic (exact) mass is 687 g/mol. The van der Waals surface area contributed by atoms with Crippen molar-refractivity contribution in [2.75, 3.05) is 26.4 Å². The third kappa shape index (κ3) is 6.39. The normalized spacial score (nSPS) is 15.2. The van der Waals surface area contributed by atoms with Crippen LogP contribution in [0.3, 0.4) is 0 Å². The van der Waals surface area contributed by atoms with Gasteiger partial charge in [0.2, 0.25) is 5.91 Å². The molecule has 1 amide bonds. The number of ether oxygens (including phenoxy) is 1. The van der Waals surface area contributed by atoms with Gasteiger partial charge in [0.1, 0.15) is 28.1 Å². The SMILES string of the molecule is CNC(=O)CCc1cccc(C2c3nc(-c4cc(Oc5c(F)cc6[nH]ccc6c5S(C)(=O)=O)ccc4F)[nH]c3CCN2CC(F)F)c1F. The van der Waals surface area contributed by atoms with Gasteiger partial charge in [-0.15, -0.1) is 0 Å². The molecule has 1 atom stereocenters. The average Bonchev–Trinajstić information content (AvgIpc) is 3.67. The fourth-order valence-electron chi connectivity index (χ4n) is 6.07. The van der Waals surface area contributed by atoms with Crippen molar-refractivity contribution in [2.45, 2.75) is 36.6 Å². The second-order valence-electron chi connectivity index (χ2n) is 11.5. The second kappa shape index (κ2) is 13.0. The van der Waals surface area contributed by atoms with Crippen LogP contribution >= 0.6 is 0 Å². The number of nitrogens with one attached hydrogen (secondary N) is 3. The van der Waals surface area contributed by atoms with E-state index in [1.54, 1.807) is 6.07 Å². The summed E-state index contributed by atoms with van der Waals surface area (Å²) in [5, 5.41) is 2.69. The predicted molar refractivity (Wildman–Crippen MR) is 167 cm³/mol. The van der Waals surface area contributed by atoms with E-state index in [2.05, 4.69) is 20.3 Å². The third-order valence-electron chi connectivity index (χ3n) is 8.26. The highest BCUT2D eigenvalue weighted by molar-refractivity contribution is 7.91. The number of H-pyrrole nitrogens is 2. The first-order valence-electron chi connectivity index (χ1n) is 14.9. The van der Waals surface area contributed by atoms with E-state index in [0.29, 0.717) is 5.69 Å². The summed E-state index contributed by atoms with van der Waals surface area (Å²) in [5.41, 5.74) is 1.10. The molecule has 0 fully saturated rings. The molecule has 0 saturated carbocycles. The molecule has 48 heavy (non-hydrogen) atoms. The summed E-state index contributed by atoms with van der Waals surface area (Å²) in [7, 11) is -2.53. The first-order chi connectivity index (χ1) is 22.8. The van der Waals surface area contributed by atoms with E-state index in [1.165, 1.54) is 48.5 Å². The van der Waals surface area contributed by atoms with Crippen molar-refractivity contribution in [3.63, 3.8) is 0 Å². The number of alkyl halides is 2. The first kappa shape index (κ1) is 33.2.